The van der Waals surface area contributed by atoms with Crippen LogP contribution >= 0.6 is 0 Å². The van der Waals surface area contributed by atoms with E-state index in [2.05, 4.69) is 6.07 Å². The van der Waals surface area contributed by atoms with E-state index in [4.69, 9.17) is 19.5 Å². The summed E-state index contributed by atoms with van der Waals surface area (Å²) in [7, 11) is 3.07. The van der Waals surface area contributed by atoms with E-state index in [1.807, 2.05) is 30.3 Å². The summed E-state index contributed by atoms with van der Waals surface area (Å²) in [4.78, 5) is 0. The highest BCUT2D eigenvalue weighted by molar-refractivity contribution is 5.56. The first-order chi connectivity index (χ1) is 9.78. The fourth-order valence-corrected chi connectivity index (χ4v) is 1.82. The van der Waals surface area contributed by atoms with E-state index in [0.717, 1.165) is 5.56 Å². The van der Waals surface area contributed by atoms with Gasteiger partial charge in [0.1, 0.15) is 6.61 Å². The summed E-state index contributed by atoms with van der Waals surface area (Å²) in [5.74, 6) is 1.46. The lowest BCUT2D eigenvalue weighted by Crippen LogP contribution is -2.00. The third-order valence-electron chi connectivity index (χ3n) is 2.82. The molecule has 4 heteroatoms. The molecule has 0 bridgehead atoms. The van der Waals surface area contributed by atoms with Crippen molar-refractivity contribution in [3.05, 3.63) is 53.6 Å². The molecule has 0 saturated heterocycles. The van der Waals surface area contributed by atoms with Gasteiger partial charge in [0, 0.05) is 12.1 Å². The molecular formula is C16H15NO3. The number of hydrogen-bond donors (Lipinski definition) is 0. The zero-order chi connectivity index (χ0) is 14.4. The van der Waals surface area contributed by atoms with Crippen LogP contribution in [0.15, 0.2) is 42.5 Å². The van der Waals surface area contributed by atoms with Gasteiger partial charge in [0.2, 0.25) is 5.75 Å². The number of benzene rings is 2. The Kier molecular flexibility index (Phi) is 4.46. The van der Waals surface area contributed by atoms with E-state index >= 15 is 0 Å². The van der Waals surface area contributed by atoms with Gasteiger partial charge in [0.15, 0.2) is 11.5 Å². The summed E-state index contributed by atoms with van der Waals surface area (Å²) >= 11 is 0. The highest BCUT2D eigenvalue weighted by Gasteiger charge is 2.14. The maximum absolute atomic E-state index is 8.97. The molecular weight excluding hydrogens is 254 g/mol. The van der Waals surface area contributed by atoms with Gasteiger partial charge >= 0.3 is 0 Å². The Morgan fingerprint density at radius 2 is 1.60 bits per heavy atom. The molecule has 20 heavy (non-hydrogen) atoms. The molecule has 0 fully saturated rings. The van der Waals surface area contributed by atoms with E-state index < -0.39 is 0 Å². The van der Waals surface area contributed by atoms with Crippen LogP contribution in [0.3, 0.4) is 0 Å². The van der Waals surface area contributed by atoms with Crippen molar-refractivity contribution in [3.63, 3.8) is 0 Å². The smallest absolute Gasteiger partial charge is 0.203 e. The first kappa shape index (κ1) is 13.8. The van der Waals surface area contributed by atoms with Gasteiger partial charge in [-0.25, -0.2) is 0 Å². The van der Waals surface area contributed by atoms with Crippen LogP contribution in [0.4, 0.5) is 0 Å². The molecule has 2 aromatic rings. The molecule has 102 valence electrons. The van der Waals surface area contributed by atoms with Crippen molar-refractivity contribution in [2.45, 2.75) is 6.61 Å². The molecule has 0 aromatic heterocycles. The van der Waals surface area contributed by atoms with Crippen LogP contribution in [0.5, 0.6) is 17.2 Å². The predicted octanol–water partition coefficient (Wildman–Crippen LogP) is 3.15. The zero-order valence-electron chi connectivity index (χ0n) is 11.4. The highest BCUT2D eigenvalue weighted by Crippen LogP contribution is 2.38. The van der Waals surface area contributed by atoms with E-state index in [-0.39, 0.29) is 0 Å². The minimum atomic E-state index is 0.402. The maximum Gasteiger partial charge on any atom is 0.203 e. The molecule has 0 radical (unpaired) electrons. The summed E-state index contributed by atoms with van der Waals surface area (Å²) < 4.78 is 16.3. The summed E-state index contributed by atoms with van der Waals surface area (Å²) in [6, 6.07) is 15.1. The lowest BCUT2D eigenvalue weighted by Gasteiger charge is -2.14. The average Bonchev–Trinajstić information content (AvgIpc) is 2.52. The average molecular weight is 269 g/mol. The van der Waals surface area contributed by atoms with Crippen LogP contribution in [-0.4, -0.2) is 14.2 Å². The molecule has 4 nitrogen and oxygen atoms in total. The molecule has 0 unspecified atom stereocenters. The van der Waals surface area contributed by atoms with Crippen LogP contribution in [0.2, 0.25) is 0 Å². The molecule has 2 aromatic carbocycles. The quantitative estimate of drug-likeness (QED) is 0.836. The van der Waals surface area contributed by atoms with Crippen LogP contribution < -0.4 is 14.2 Å². The van der Waals surface area contributed by atoms with E-state index in [9.17, 15) is 0 Å². The first-order valence-electron chi connectivity index (χ1n) is 6.11. The number of ether oxygens (including phenoxy) is 3. The molecule has 0 saturated carbocycles. The van der Waals surface area contributed by atoms with Crippen molar-refractivity contribution in [1.82, 2.24) is 0 Å². The normalized spacial score (nSPS) is 9.65. The molecule has 0 heterocycles. The van der Waals surface area contributed by atoms with Crippen LogP contribution in [0, 0.1) is 11.3 Å². The van der Waals surface area contributed by atoms with Gasteiger partial charge in [0.25, 0.3) is 0 Å². The maximum atomic E-state index is 8.97. The number of rotatable bonds is 5. The van der Waals surface area contributed by atoms with Gasteiger partial charge in [-0.15, -0.1) is 0 Å². The van der Waals surface area contributed by atoms with Gasteiger partial charge < -0.3 is 14.2 Å². The van der Waals surface area contributed by atoms with E-state index in [1.165, 1.54) is 14.2 Å². The number of nitriles is 1. The lowest BCUT2D eigenvalue weighted by atomic mass is 10.2. The molecule has 0 aliphatic heterocycles. The molecule has 0 atom stereocenters. The Morgan fingerprint density at radius 3 is 2.10 bits per heavy atom. The Morgan fingerprint density at radius 1 is 1.00 bits per heavy atom. The molecule has 0 aliphatic rings. The van der Waals surface area contributed by atoms with Crippen molar-refractivity contribution < 1.29 is 14.2 Å². The topological polar surface area (TPSA) is 51.5 Å². The van der Waals surface area contributed by atoms with E-state index in [0.29, 0.717) is 29.4 Å². The van der Waals surface area contributed by atoms with Gasteiger partial charge in [-0.3, -0.25) is 0 Å². The largest absolute Gasteiger partial charge is 0.493 e. The van der Waals surface area contributed by atoms with Crippen molar-refractivity contribution in [2.24, 2.45) is 0 Å². The fourth-order valence-electron chi connectivity index (χ4n) is 1.82. The van der Waals surface area contributed by atoms with Crippen molar-refractivity contribution in [3.8, 4) is 23.3 Å². The molecule has 0 spiro atoms. The summed E-state index contributed by atoms with van der Waals surface area (Å²) in [5.41, 5.74) is 1.51. The van der Waals surface area contributed by atoms with Gasteiger partial charge in [-0.2, -0.15) is 5.26 Å². The molecule has 0 aliphatic carbocycles. The zero-order valence-corrected chi connectivity index (χ0v) is 11.4. The minimum absolute atomic E-state index is 0.402. The monoisotopic (exact) mass is 269 g/mol. The summed E-state index contributed by atoms with van der Waals surface area (Å²) in [6.45, 7) is 0.402. The third-order valence-corrected chi connectivity index (χ3v) is 2.82. The number of hydrogen-bond acceptors (Lipinski definition) is 4. The Bertz CT molecular complexity index is 592. The predicted molar refractivity (Wildman–Crippen MR) is 75.0 cm³/mol. The second-order valence-electron chi connectivity index (χ2n) is 4.10. The molecule has 0 N–H and O–H groups in total. The van der Waals surface area contributed by atoms with Crippen molar-refractivity contribution in [2.75, 3.05) is 14.2 Å². The number of methoxy groups -OCH3 is 2. The standard InChI is InChI=1S/C16H15NO3/c1-18-14-8-13(10-17)9-15(19-2)16(14)20-11-12-6-4-3-5-7-12/h3-9H,11H2,1-2H3. The lowest BCUT2D eigenvalue weighted by molar-refractivity contribution is 0.266. The van der Waals surface area contributed by atoms with Crippen LogP contribution in [0.1, 0.15) is 11.1 Å². The first-order valence-corrected chi connectivity index (χ1v) is 6.11. The Hall–Kier alpha value is -2.67. The SMILES string of the molecule is COc1cc(C#N)cc(OC)c1OCc1ccccc1. The van der Waals surface area contributed by atoms with Crippen LogP contribution in [0.25, 0.3) is 0 Å². The second-order valence-corrected chi connectivity index (χ2v) is 4.10. The fraction of sp³-hybridized carbons (Fsp3) is 0.188. The van der Waals surface area contributed by atoms with Gasteiger partial charge in [-0.05, 0) is 5.56 Å². The summed E-state index contributed by atoms with van der Waals surface area (Å²) in [6.07, 6.45) is 0. The van der Waals surface area contributed by atoms with Crippen molar-refractivity contribution >= 4 is 0 Å². The van der Waals surface area contributed by atoms with Crippen molar-refractivity contribution in [1.29, 1.82) is 5.26 Å². The Labute approximate surface area is 118 Å². The minimum Gasteiger partial charge on any atom is -0.493 e. The summed E-state index contributed by atoms with van der Waals surface area (Å²) in [5, 5.41) is 8.97. The molecule has 0 amide bonds. The van der Waals surface area contributed by atoms with Crippen LogP contribution in [-0.2, 0) is 6.61 Å². The van der Waals surface area contributed by atoms with E-state index in [1.54, 1.807) is 12.1 Å². The molecule has 2 rings (SSSR count). The van der Waals surface area contributed by atoms with Gasteiger partial charge in [0.05, 0.1) is 25.9 Å². The number of nitrogens with zero attached hydrogens (tertiary/aromatic N) is 1. The Balaban J connectivity index is 2.28. The highest BCUT2D eigenvalue weighted by atomic mass is 16.5. The second kappa shape index (κ2) is 6.48. The van der Waals surface area contributed by atoms with Gasteiger partial charge in [-0.1, -0.05) is 30.3 Å². The third kappa shape index (κ3) is 3.01.